The molecule has 32 heavy (non-hydrogen) atoms. The molecule has 2 aromatic heterocycles. The van der Waals surface area contributed by atoms with Crippen molar-refractivity contribution in [2.24, 2.45) is 17.1 Å². The molecule has 0 saturated heterocycles. The minimum absolute atomic E-state index is 0.0300. The molecular formula is C23H27F2N3O3S. The zero-order valence-corrected chi connectivity index (χ0v) is 18.6. The van der Waals surface area contributed by atoms with Crippen LogP contribution in [0.4, 0.5) is 8.78 Å². The summed E-state index contributed by atoms with van der Waals surface area (Å²) < 4.78 is 33.8. The number of nitrogens with one attached hydrogen (secondary N) is 1. The molecular weight excluding hydrogens is 436 g/mol. The van der Waals surface area contributed by atoms with Crippen LogP contribution in [0.1, 0.15) is 56.9 Å². The predicted octanol–water partition coefficient (Wildman–Crippen LogP) is 3.96. The van der Waals surface area contributed by atoms with Gasteiger partial charge in [-0.25, -0.2) is 13.8 Å². The van der Waals surface area contributed by atoms with Crippen molar-refractivity contribution in [2.75, 3.05) is 0 Å². The molecule has 2 aromatic rings. The van der Waals surface area contributed by atoms with E-state index >= 15 is 0 Å². The lowest BCUT2D eigenvalue weighted by Crippen LogP contribution is -2.59. The maximum Gasteiger partial charge on any atom is 0.248 e. The second-order valence-corrected chi connectivity index (χ2v) is 10.7. The Bertz CT molecular complexity index is 1030. The van der Waals surface area contributed by atoms with Gasteiger partial charge in [0.2, 0.25) is 23.6 Å². The Hall–Kier alpha value is -2.29. The minimum atomic E-state index is -2.61. The molecule has 3 N–H and O–H groups in total. The molecule has 3 fully saturated rings. The first-order valence-corrected chi connectivity index (χ1v) is 12.1. The van der Waals surface area contributed by atoms with Gasteiger partial charge < -0.3 is 15.8 Å². The molecule has 1 spiro atoms. The van der Waals surface area contributed by atoms with Gasteiger partial charge in [0.1, 0.15) is 6.10 Å². The van der Waals surface area contributed by atoms with Gasteiger partial charge in [0.15, 0.2) is 0 Å². The van der Waals surface area contributed by atoms with Crippen molar-refractivity contribution in [2.45, 2.75) is 75.9 Å². The highest BCUT2D eigenvalue weighted by Crippen LogP contribution is 2.57. The summed E-state index contributed by atoms with van der Waals surface area (Å²) in [6.07, 6.45) is 3.83. The molecule has 0 bridgehead atoms. The van der Waals surface area contributed by atoms with Crippen LogP contribution in [0.2, 0.25) is 0 Å². The van der Waals surface area contributed by atoms with Crippen molar-refractivity contribution in [3.63, 3.8) is 0 Å². The molecule has 6 nitrogen and oxygen atoms in total. The molecule has 5 rings (SSSR count). The molecule has 3 aliphatic carbocycles. The molecule has 3 saturated carbocycles. The van der Waals surface area contributed by atoms with Gasteiger partial charge >= 0.3 is 0 Å². The van der Waals surface area contributed by atoms with E-state index in [1.165, 1.54) is 0 Å². The Kier molecular flexibility index (Phi) is 5.34. The summed E-state index contributed by atoms with van der Waals surface area (Å²) in [5.41, 5.74) is 7.13. The first-order valence-electron chi connectivity index (χ1n) is 11.2. The van der Waals surface area contributed by atoms with Crippen LogP contribution in [-0.2, 0) is 16.0 Å². The summed E-state index contributed by atoms with van der Waals surface area (Å²) >= 11 is 1.56. The number of pyridine rings is 1. The molecule has 2 heterocycles. The number of alkyl halides is 2. The molecule has 0 unspecified atom stereocenters. The van der Waals surface area contributed by atoms with Crippen LogP contribution >= 0.6 is 11.3 Å². The number of nitrogens with two attached hydrogens (primary N) is 1. The predicted molar refractivity (Wildman–Crippen MR) is 117 cm³/mol. The lowest BCUT2D eigenvalue weighted by Gasteiger charge is -2.57. The van der Waals surface area contributed by atoms with E-state index in [9.17, 15) is 18.4 Å². The average Bonchev–Trinajstić information content (AvgIpc) is 3.11. The minimum Gasteiger partial charge on any atom is -0.474 e. The van der Waals surface area contributed by atoms with E-state index in [1.807, 2.05) is 17.5 Å². The number of primary amides is 1. The molecule has 172 valence electrons. The highest BCUT2D eigenvalue weighted by Gasteiger charge is 2.54. The van der Waals surface area contributed by atoms with Gasteiger partial charge in [0.05, 0.1) is 16.6 Å². The summed E-state index contributed by atoms with van der Waals surface area (Å²) in [6.45, 7) is 0. The third-order valence-electron chi connectivity index (χ3n) is 7.23. The van der Waals surface area contributed by atoms with Crippen LogP contribution in [-0.4, -0.2) is 34.9 Å². The summed E-state index contributed by atoms with van der Waals surface area (Å²) in [4.78, 5) is 28.5. The molecule has 0 atom stereocenters. The van der Waals surface area contributed by atoms with Crippen LogP contribution < -0.4 is 15.8 Å². The Morgan fingerprint density at radius 1 is 1.22 bits per heavy atom. The number of amides is 2. The summed E-state index contributed by atoms with van der Waals surface area (Å²) in [6, 6.07) is 3.98. The average molecular weight is 464 g/mol. The number of fused-ring (bicyclic) bond motifs is 1. The Balaban J connectivity index is 1.12. The lowest BCUT2D eigenvalue weighted by molar-refractivity contribution is -0.135. The van der Waals surface area contributed by atoms with Crippen molar-refractivity contribution in [1.29, 1.82) is 0 Å². The van der Waals surface area contributed by atoms with Gasteiger partial charge in [-0.2, -0.15) is 0 Å². The second-order valence-electron chi connectivity index (χ2n) is 9.79. The first-order chi connectivity index (χ1) is 15.2. The number of rotatable bonds is 6. The number of nitrogens with zero attached hydrogens (tertiary/aromatic N) is 1. The number of carbonyl (C=O) groups is 2. The second kappa shape index (κ2) is 7.93. The number of ether oxygens (including phenoxy) is 1. The van der Waals surface area contributed by atoms with Crippen LogP contribution in [0.3, 0.4) is 0 Å². The number of halogens is 2. The van der Waals surface area contributed by atoms with Crippen LogP contribution in [0.25, 0.3) is 10.2 Å². The SMILES string of the molecule is NC(=O)Cc1cc2sccc2nc1OC1CC2(CC(NC(=O)C3CCC(F)(F)CC3)C2)C1. The number of hydrogen-bond acceptors (Lipinski definition) is 5. The third kappa shape index (κ3) is 4.31. The van der Waals surface area contributed by atoms with E-state index in [-0.39, 0.29) is 61.5 Å². The van der Waals surface area contributed by atoms with Gasteiger partial charge in [-0.15, -0.1) is 11.3 Å². The van der Waals surface area contributed by atoms with Gasteiger partial charge in [-0.3, -0.25) is 9.59 Å². The van der Waals surface area contributed by atoms with Crippen molar-refractivity contribution >= 4 is 33.4 Å². The van der Waals surface area contributed by atoms with Crippen molar-refractivity contribution in [3.05, 3.63) is 23.1 Å². The fourth-order valence-corrected chi connectivity index (χ4v) is 6.31. The molecule has 0 aliphatic heterocycles. The molecule has 0 aromatic carbocycles. The van der Waals surface area contributed by atoms with Crippen molar-refractivity contribution < 1.29 is 23.1 Å². The maximum absolute atomic E-state index is 13.3. The Morgan fingerprint density at radius 2 is 1.94 bits per heavy atom. The lowest BCUT2D eigenvalue weighted by atomic mass is 9.53. The fraction of sp³-hybridized carbons (Fsp3) is 0.609. The van der Waals surface area contributed by atoms with E-state index in [0.717, 1.165) is 35.9 Å². The van der Waals surface area contributed by atoms with Crippen molar-refractivity contribution in [3.8, 4) is 5.88 Å². The van der Waals surface area contributed by atoms with Crippen LogP contribution in [0, 0.1) is 11.3 Å². The van der Waals surface area contributed by atoms with Crippen molar-refractivity contribution in [1.82, 2.24) is 10.3 Å². The number of aromatic nitrogens is 1. The van der Waals surface area contributed by atoms with E-state index in [2.05, 4.69) is 10.3 Å². The molecule has 0 radical (unpaired) electrons. The monoisotopic (exact) mass is 463 g/mol. The topological polar surface area (TPSA) is 94.3 Å². The fourth-order valence-electron chi connectivity index (χ4n) is 5.52. The molecule has 3 aliphatic rings. The third-order valence-corrected chi connectivity index (χ3v) is 8.09. The van der Waals surface area contributed by atoms with Gasteiger partial charge in [-0.05, 0) is 61.5 Å². The number of carbonyl (C=O) groups excluding carboxylic acids is 2. The molecule has 9 heteroatoms. The summed E-state index contributed by atoms with van der Waals surface area (Å²) in [7, 11) is 0. The van der Waals surface area contributed by atoms with Gasteiger partial charge in [0.25, 0.3) is 0 Å². The largest absolute Gasteiger partial charge is 0.474 e. The smallest absolute Gasteiger partial charge is 0.248 e. The summed E-state index contributed by atoms with van der Waals surface area (Å²) in [5.74, 6) is -2.91. The Morgan fingerprint density at radius 3 is 2.62 bits per heavy atom. The van der Waals surface area contributed by atoms with E-state index < -0.39 is 11.8 Å². The van der Waals surface area contributed by atoms with E-state index in [4.69, 9.17) is 10.5 Å². The van der Waals surface area contributed by atoms with Gasteiger partial charge in [0, 0.05) is 30.4 Å². The highest BCUT2D eigenvalue weighted by atomic mass is 32.1. The highest BCUT2D eigenvalue weighted by molar-refractivity contribution is 7.17. The van der Waals surface area contributed by atoms with Crippen LogP contribution in [0.15, 0.2) is 17.5 Å². The van der Waals surface area contributed by atoms with E-state index in [0.29, 0.717) is 11.4 Å². The standard InChI is InChI=1S/C23H27F2N3O3S/c24-23(25)4-1-13(2-5-23)20(30)27-15-9-22(10-15)11-16(12-22)31-21-14(8-19(26)29)7-18-17(28-21)3-6-32-18/h3,6-7,13,15-16H,1-2,4-5,8-12H2,(H2,26,29)(H,27,30). The zero-order valence-electron chi connectivity index (χ0n) is 17.7. The van der Waals surface area contributed by atoms with Crippen LogP contribution in [0.5, 0.6) is 5.88 Å². The maximum atomic E-state index is 13.3. The number of hydrogen-bond donors (Lipinski definition) is 2. The Labute approximate surface area is 188 Å². The summed E-state index contributed by atoms with van der Waals surface area (Å²) in [5, 5.41) is 5.02. The number of thiophene rings is 1. The van der Waals surface area contributed by atoms with Gasteiger partial charge in [-0.1, -0.05) is 0 Å². The normalized spacial score (nSPS) is 29.3. The van der Waals surface area contributed by atoms with E-state index in [1.54, 1.807) is 11.3 Å². The molecule has 2 amide bonds. The first kappa shape index (κ1) is 21.6. The zero-order chi connectivity index (χ0) is 22.5. The quantitative estimate of drug-likeness (QED) is 0.678.